The summed E-state index contributed by atoms with van der Waals surface area (Å²) in [5.74, 6) is -0.327. The molecule has 0 aliphatic heterocycles. The molecule has 0 radical (unpaired) electrons. The van der Waals surface area contributed by atoms with Gasteiger partial charge in [0.2, 0.25) is 0 Å². The van der Waals surface area contributed by atoms with Crippen molar-refractivity contribution in [2.24, 2.45) is 5.16 Å². The first-order valence-corrected chi connectivity index (χ1v) is 5.58. The van der Waals surface area contributed by atoms with Crippen LogP contribution in [-0.4, -0.2) is 23.5 Å². The number of carbonyl (C=O) groups is 1. The molecule has 0 aliphatic carbocycles. The molecule has 0 fully saturated rings. The van der Waals surface area contributed by atoms with Crippen molar-refractivity contribution in [1.29, 1.82) is 5.26 Å². The highest BCUT2D eigenvalue weighted by Gasteiger charge is 2.09. The van der Waals surface area contributed by atoms with E-state index in [4.69, 9.17) is 15.2 Å². The third-order valence-electron chi connectivity index (χ3n) is 2.34. The molecule has 1 aromatic rings. The molecule has 5 nitrogen and oxygen atoms in total. The zero-order valence-corrected chi connectivity index (χ0v) is 10.1. The molecule has 0 bridgehead atoms. The van der Waals surface area contributed by atoms with Crippen LogP contribution in [0.3, 0.4) is 0 Å². The summed E-state index contributed by atoms with van der Waals surface area (Å²) in [7, 11) is 0. The minimum atomic E-state index is -0.327. The Bertz CT molecular complexity index is 472. The fourth-order valence-corrected chi connectivity index (χ4v) is 1.44. The fraction of sp³-hybridized carbons (Fsp3) is 0.308. The average Bonchev–Trinajstić information content (AvgIpc) is 2.40. The second kappa shape index (κ2) is 7.07. The fourth-order valence-electron chi connectivity index (χ4n) is 1.44. The van der Waals surface area contributed by atoms with Crippen LogP contribution in [0.2, 0.25) is 0 Å². The van der Waals surface area contributed by atoms with Gasteiger partial charge in [-0.25, -0.2) is 0 Å². The van der Waals surface area contributed by atoms with Gasteiger partial charge in [-0.15, -0.1) is 0 Å². The first-order valence-electron chi connectivity index (χ1n) is 5.58. The lowest BCUT2D eigenvalue weighted by molar-refractivity contribution is -0.142. The number of oxime groups is 1. The minimum Gasteiger partial charge on any atom is -0.466 e. The Kier molecular flexibility index (Phi) is 5.39. The van der Waals surface area contributed by atoms with Crippen molar-refractivity contribution in [3.8, 4) is 6.07 Å². The predicted molar refractivity (Wildman–Crippen MR) is 65.3 cm³/mol. The van der Waals surface area contributed by atoms with E-state index in [-0.39, 0.29) is 12.4 Å². The zero-order valence-electron chi connectivity index (χ0n) is 10.1. The van der Waals surface area contributed by atoms with Crippen molar-refractivity contribution in [2.75, 3.05) is 6.61 Å². The molecular formula is C13H14N2O3. The Balaban J connectivity index is 2.67. The lowest BCUT2D eigenvalue weighted by Gasteiger charge is -2.04. The molecular weight excluding hydrogens is 232 g/mol. The van der Waals surface area contributed by atoms with Crippen LogP contribution >= 0.6 is 0 Å². The topological polar surface area (TPSA) is 82.7 Å². The van der Waals surface area contributed by atoms with Gasteiger partial charge in [-0.2, -0.15) is 5.26 Å². The van der Waals surface area contributed by atoms with Gasteiger partial charge >= 0.3 is 5.97 Å². The van der Waals surface area contributed by atoms with Gasteiger partial charge in [-0.3, -0.25) is 4.79 Å². The lowest BCUT2D eigenvalue weighted by atomic mass is 10.0. The molecule has 0 amide bonds. The van der Waals surface area contributed by atoms with E-state index < -0.39 is 0 Å². The quantitative estimate of drug-likeness (QED) is 0.373. The van der Waals surface area contributed by atoms with Gasteiger partial charge in [0.15, 0.2) is 0 Å². The second-order valence-electron chi connectivity index (χ2n) is 3.54. The summed E-state index contributed by atoms with van der Waals surface area (Å²) in [6.45, 7) is 2.07. The molecule has 0 aromatic heterocycles. The van der Waals surface area contributed by atoms with Gasteiger partial charge in [0, 0.05) is 6.42 Å². The van der Waals surface area contributed by atoms with E-state index in [9.17, 15) is 4.79 Å². The van der Waals surface area contributed by atoms with E-state index in [0.29, 0.717) is 29.9 Å². The Labute approximate surface area is 105 Å². The Hall–Kier alpha value is -2.35. The number of hydrogen-bond acceptors (Lipinski definition) is 5. The van der Waals surface area contributed by atoms with Crippen LogP contribution in [0.5, 0.6) is 0 Å². The van der Waals surface area contributed by atoms with Crippen molar-refractivity contribution < 1.29 is 14.7 Å². The summed E-state index contributed by atoms with van der Waals surface area (Å²) in [6.07, 6.45) is 0.453. The number of nitriles is 1. The highest BCUT2D eigenvalue weighted by atomic mass is 16.5. The van der Waals surface area contributed by atoms with Crippen LogP contribution in [-0.2, 0) is 9.53 Å². The largest absolute Gasteiger partial charge is 0.466 e. The van der Waals surface area contributed by atoms with Crippen LogP contribution in [0, 0.1) is 11.3 Å². The summed E-state index contributed by atoms with van der Waals surface area (Å²) in [4.78, 5) is 11.2. The number of hydrogen-bond donors (Lipinski definition) is 1. The number of benzene rings is 1. The van der Waals surface area contributed by atoms with Gasteiger partial charge in [-0.05, 0) is 24.6 Å². The first-order chi connectivity index (χ1) is 8.71. The van der Waals surface area contributed by atoms with Crippen molar-refractivity contribution in [1.82, 2.24) is 0 Å². The van der Waals surface area contributed by atoms with Crippen LogP contribution in [0.25, 0.3) is 0 Å². The van der Waals surface area contributed by atoms with Crippen LogP contribution < -0.4 is 0 Å². The monoisotopic (exact) mass is 246 g/mol. The summed E-state index contributed by atoms with van der Waals surface area (Å²) in [5.41, 5.74) is 1.61. The van der Waals surface area contributed by atoms with Gasteiger partial charge in [-0.1, -0.05) is 17.3 Å². The van der Waals surface area contributed by atoms with Crippen molar-refractivity contribution in [3.63, 3.8) is 0 Å². The Morgan fingerprint density at radius 3 is 2.56 bits per heavy atom. The molecule has 0 saturated heterocycles. The van der Waals surface area contributed by atoms with Crippen LogP contribution in [0.4, 0.5) is 0 Å². The van der Waals surface area contributed by atoms with Gasteiger partial charge in [0.05, 0.1) is 30.4 Å². The summed E-state index contributed by atoms with van der Waals surface area (Å²) in [6, 6.07) is 8.62. The van der Waals surface area contributed by atoms with Crippen molar-refractivity contribution in [3.05, 3.63) is 35.4 Å². The Morgan fingerprint density at radius 2 is 2.06 bits per heavy atom. The molecule has 0 heterocycles. The predicted octanol–water partition coefficient (Wildman–Crippen LogP) is 2.08. The number of esters is 1. The Morgan fingerprint density at radius 1 is 1.39 bits per heavy atom. The average molecular weight is 246 g/mol. The zero-order chi connectivity index (χ0) is 13.4. The maximum atomic E-state index is 11.2. The molecule has 5 heteroatoms. The summed E-state index contributed by atoms with van der Waals surface area (Å²) < 4.78 is 4.79. The SMILES string of the molecule is CCOC(=O)CCC(=NO)c1ccc(C#N)cc1. The van der Waals surface area contributed by atoms with Crippen molar-refractivity contribution in [2.45, 2.75) is 19.8 Å². The van der Waals surface area contributed by atoms with E-state index in [1.807, 2.05) is 6.07 Å². The molecule has 1 rings (SSSR count). The molecule has 0 saturated carbocycles. The molecule has 1 N–H and O–H groups in total. The summed E-state index contributed by atoms with van der Waals surface area (Å²) >= 11 is 0. The van der Waals surface area contributed by atoms with Gasteiger partial charge < -0.3 is 9.94 Å². The minimum absolute atomic E-state index is 0.160. The van der Waals surface area contributed by atoms with Crippen molar-refractivity contribution >= 4 is 11.7 Å². The third-order valence-corrected chi connectivity index (χ3v) is 2.34. The molecule has 0 spiro atoms. The van der Waals surface area contributed by atoms with Gasteiger partial charge in [0.25, 0.3) is 0 Å². The normalized spacial score (nSPS) is 10.8. The van der Waals surface area contributed by atoms with E-state index in [2.05, 4.69) is 5.16 Å². The second-order valence-corrected chi connectivity index (χ2v) is 3.54. The molecule has 1 aromatic carbocycles. The highest BCUT2D eigenvalue weighted by molar-refractivity contribution is 6.01. The summed E-state index contributed by atoms with van der Waals surface area (Å²) in [5, 5.41) is 20.8. The van der Waals surface area contributed by atoms with Gasteiger partial charge in [0.1, 0.15) is 0 Å². The number of ether oxygens (including phenoxy) is 1. The maximum absolute atomic E-state index is 11.2. The van der Waals surface area contributed by atoms with E-state index >= 15 is 0 Å². The molecule has 18 heavy (non-hydrogen) atoms. The smallest absolute Gasteiger partial charge is 0.306 e. The molecule has 0 unspecified atom stereocenters. The van der Waals surface area contributed by atoms with E-state index in [1.54, 1.807) is 31.2 Å². The number of rotatable bonds is 5. The lowest BCUT2D eigenvalue weighted by Crippen LogP contribution is -2.08. The highest BCUT2D eigenvalue weighted by Crippen LogP contribution is 2.09. The molecule has 0 aliphatic rings. The maximum Gasteiger partial charge on any atom is 0.306 e. The molecule has 0 atom stereocenters. The number of carbonyl (C=O) groups excluding carboxylic acids is 1. The molecule has 94 valence electrons. The number of nitrogens with zero attached hydrogens (tertiary/aromatic N) is 2. The van der Waals surface area contributed by atoms with Crippen LogP contribution in [0.1, 0.15) is 30.9 Å². The third kappa shape index (κ3) is 3.91. The first kappa shape index (κ1) is 13.7. The van der Waals surface area contributed by atoms with E-state index in [0.717, 1.165) is 0 Å². The van der Waals surface area contributed by atoms with Crippen LogP contribution in [0.15, 0.2) is 29.4 Å². The van der Waals surface area contributed by atoms with E-state index in [1.165, 1.54) is 0 Å². The standard InChI is InChI=1S/C13H14N2O3/c1-2-18-13(16)8-7-12(15-17)11-5-3-10(9-14)4-6-11/h3-6,17H,2,7-8H2,1H3.